The van der Waals surface area contributed by atoms with Crippen LogP contribution in [0.15, 0.2) is 24.3 Å². The van der Waals surface area contributed by atoms with Gasteiger partial charge in [0.15, 0.2) is 0 Å². The van der Waals surface area contributed by atoms with Crippen molar-refractivity contribution in [2.45, 2.75) is 18.8 Å². The second-order valence-corrected chi connectivity index (χ2v) is 5.07. The molecular weight excluding hydrogens is 242 g/mol. The summed E-state index contributed by atoms with van der Waals surface area (Å²) in [5.74, 6) is 1.47. The largest absolute Gasteiger partial charge is 0.493 e. The van der Waals surface area contributed by atoms with E-state index < -0.39 is 0 Å². The molecule has 1 saturated heterocycles. The number of nitrogens with zero attached hydrogens (tertiary/aromatic N) is 1. The molecule has 0 aliphatic carbocycles. The van der Waals surface area contributed by atoms with Gasteiger partial charge in [0.1, 0.15) is 5.75 Å². The zero-order valence-electron chi connectivity index (χ0n) is 11.0. The molecule has 2 heterocycles. The van der Waals surface area contributed by atoms with Crippen LogP contribution in [0.5, 0.6) is 5.75 Å². The van der Waals surface area contributed by atoms with Crippen molar-refractivity contribution >= 4 is 5.91 Å². The smallest absolute Gasteiger partial charge is 0.223 e. The molecule has 1 amide bonds. The summed E-state index contributed by atoms with van der Waals surface area (Å²) in [6, 6.07) is 8.05. The Labute approximate surface area is 113 Å². The second-order valence-electron chi connectivity index (χ2n) is 5.07. The molecule has 4 heteroatoms. The molecule has 2 aliphatic rings. The monoisotopic (exact) mass is 261 g/mol. The molecule has 19 heavy (non-hydrogen) atoms. The fraction of sp³-hybridized carbons (Fsp3) is 0.533. The molecular formula is C15H19NO3. The molecule has 4 nitrogen and oxygen atoms in total. The predicted octanol–water partition coefficient (Wildman–Crippen LogP) is 1.80. The van der Waals surface area contributed by atoms with Gasteiger partial charge in [0.05, 0.1) is 19.8 Å². The van der Waals surface area contributed by atoms with Gasteiger partial charge in [0, 0.05) is 19.5 Å². The third-order valence-electron chi connectivity index (χ3n) is 3.87. The van der Waals surface area contributed by atoms with Gasteiger partial charge in [-0.25, -0.2) is 0 Å². The molecule has 1 aromatic carbocycles. The summed E-state index contributed by atoms with van der Waals surface area (Å²) >= 11 is 0. The Bertz CT molecular complexity index is 454. The first-order valence-electron chi connectivity index (χ1n) is 6.92. The van der Waals surface area contributed by atoms with Crippen LogP contribution in [0.25, 0.3) is 0 Å². The number of fused-ring (bicyclic) bond motifs is 1. The van der Waals surface area contributed by atoms with E-state index in [9.17, 15) is 4.79 Å². The van der Waals surface area contributed by atoms with Crippen molar-refractivity contribution in [3.63, 3.8) is 0 Å². The lowest BCUT2D eigenvalue weighted by Gasteiger charge is -2.30. The van der Waals surface area contributed by atoms with Crippen LogP contribution in [0.1, 0.15) is 24.3 Å². The number of carbonyl (C=O) groups excluding carboxylic acids is 1. The lowest BCUT2D eigenvalue weighted by Crippen LogP contribution is -2.41. The zero-order chi connectivity index (χ0) is 13.1. The maximum Gasteiger partial charge on any atom is 0.223 e. The maximum atomic E-state index is 12.3. The Morgan fingerprint density at radius 3 is 2.84 bits per heavy atom. The number of hydrogen-bond donors (Lipinski definition) is 0. The molecule has 0 N–H and O–H groups in total. The SMILES string of the molecule is O=C(C[C@@H]1CCOc2ccccc21)N1CCOCC1. The second kappa shape index (κ2) is 5.61. The van der Waals surface area contributed by atoms with Crippen molar-refractivity contribution in [1.29, 1.82) is 0 Å². The van der Waals surface area contributed by atoms with Gasteiger partial charge in [-0.15, -0.1) is 0 Å². The normalized spacial score (nSPS) is 22.5. The fourth-order valence-corrected chi connectivity index (χ4v) is 2.78. The zero-order valence-corrected chi connectivity index (χ0v) is 11.0. The third kappa shape index (κ3) is 2.73. The average molecular weight is 261 g/mol. The van der Waals surface area contributed by atoms with E-state index in [0.717, 1.165) is 25.3 Å². The predicted molar refractivity (Wildman–Crippen MR) is 71.3 cm³/mol. The van der Waals surface area contributed by atoms with E-state index in [-0.39, 0.29) is 5.91 Å². The number of carbonyl (C=O) groups is 1. The molecule has 0 aromatic heterocycles. The van der Waals surface area contributed by atoms with Gasteiger partial charge >= 0.3 is 0 Å². The third-order valence-corrected chi connectivity index (χ3v) is 3.87. The van der Waals surface area contributed by atoms with E-state index in [1.165, 1.54) is 5.56 Å². The molecule has 0 bridgehead atoms. The summed E-state index contributed by atoms with van der Waals surface area (Å²) in [5, 5.41) is 0. The quantitative estimate of drug-likeness (QED) is 0.815. The topological polar surface area (TPSA) is 38.8 Å². The van der Waals surface area contributed by atoms with E-state index in [2.05, 4.69) is 6.07 Å². The number of amides is 1. The number of para-hydroxylation sites is 1. The van der Waals surface area contributed by atoms with Gasteiger partial charge in [0.2, 0.25) is 5.91 Å². The van der Waals surface area contributed by atoms with Gasteiger partial charge in [-0.3, -0.25) is 4.79 Å². The van der Waals surface area contributed by atoms with E-state index in [1.807, 2.05) is 23.1 Å². The van der Waals surface area contributed by atoms with Crippen LogP contribution in [0.2, 0.25) is 0 Å². The number of morpholine rings is 1. The van der Waals surface area contributed by atoms with Crippen molar-refractivity contribution in [3.05, 3.63) is 29.8 Å². The minimum atomic E-state index is 0.241. The first-order chi connectivity index (χ1) is 9.34. The van der Waals surface area contributed by atoms with E-state index in [1.54, 1.807) is 0 Å². The molecule has 1 aromatic rings. The standard InChI is InChI=1S/C15H19NO3/c17-15(16-6-9-18-10-7-16)11-12-5-8-19-14-4-2-1-3-13(12)14/h1-4,12H,5-11H2/t12-/m0/s1. The number of hydrogen-bond acceptors (Lipinski definition) is 3. The number of ether oxygens (including phenoxy) is 2. The van der Waals surface area contributed by atoms with Crippen LogP contribution in [0, 0.1) is 0 Å². The van der Waals surface area contributed by atoms with Gasteiger partial charge in [-0.2, -0.15) is 0 Å². The van der Waals surface area contributed by atoms with Gasteiger partial charge in [0.25, 0.3) is 0 Å². The lowest BCUT2D eigenvalue weighted by atomic mass is 9.90. The molecule has 2 aliphatic heterocycles. The van der Waals surface area contributed by atoms with E-state index >= 15 is 0 Å². The number of benzene rings is 1. The van der Waals surface area contributed by atoms with Gasteiger partial charge in [-0.1, -0.05) is 18.2 Å². The summed E-state index contributed by atoms with van der Waals surface area (Å²) in [5.41, 5.74) is 1.18. The molecule has 0 spiro atoms. The fourth-order valence-electron chi connectivity index (χ4n) is 2.78. The Morgan fingerprint density at radius 1 is 1.21 bits per heavy atom. The first-order valence-corrected chi connectivity index (χ1v) is 6.92. The lowest BCUT2D eigenvalue weighted by molar-refractivity contribution is -0.135. The average Bonchev–Trinajstić information content (AvgIpc) is 2.48. The van der Waals surface area contributed by atoms with E-state index in [0.29, 0.717) is 32.2 Å². The molecule has 1 fully saturated rings. The number of rotatable bonds is 2. The molecule has 0 radical (unpaired) electrons. The van der Waals surface area contributed by atoms with Crippen LogP contribution >= 0.6 is 0 Å². The highest BCUT2D eigenvalue weighted by molar-refractivity contribution is 5.77. The van der Waals surface area contributed by atoms with Gasteiger partial charge in [-0.05, 0) is 24.0 Å². The molecule has 102 valence electrons. The highest BCUT2D eigenvalue weighted by Crippen LogP contribution is 2.35. The first kappa shape index (κ1) is 12.5. The van der Waals surface area contributed by atoms with Crippen molar-refractivity contribution in [2.24, 2.45) is 0 Å². The van der Waals surface area contributed by atoms with Crippen molar-refractivity contribution in [1.82, 2.24) is 4.90 Å². The minimum Gasteiger partial charge on any atom is -0.493 e. The Balaban J connectivity index is 1.68. The Kier molecular flexibility index (Phi) is 3.69. The van der Waals surface area contributed by atoms with Crippen LogP contribution in [0.3, 0.4) is 0 Å². The molecule has 3 rings (SSSR count). The van der Waals surface area contributed by atoms with E-state index in [4.69, 9.17) is 9.47 Å². The summed E-state index contributed by atoms with van der Waals surface area (Å²) in [7, 11) is 0. The van der Waals surface area contributed by atoms with Crippen molar-refractivity contribution < 1.29 is 14.3 Å². The Morgan fingerprint density at radius 2 is 2.00 bits per heavy atom. The van der Waals surface area contributed by atoms with Crippen molar-refractivity contribution in [2.75, 3.05) is 32.9 Å². The summed E-state index contributed by atoms with van der Waals surface area (Å²) in [6.07, 6.45) is 1.51. The van der Waals surface area contributed by atoms with Crippen LogP contribution in [0.4, 0.5) is 0 Å². The molecule has 0 saturated carbocycles. The molecule has 1 atom stereocenters. The summed E-state index contributed by atoms with van der Waals surface area (Å²) in [4.78, 5) is 14.2. The highest BCUT2D eigenvalue weighted by Gasteiger charge is 2.26. The molecule has 0 unspecified atom stereocenters. The van der Waals surface area contributed by atoms with Crippen LogP contribution in [-0.4, -0.2) is 43.7 Å². The van der Waals surface area contributed by atoms with Crippen molar-refractivity contribution in [3.8, 4) is 5.75 Å². The van der Waals surface area contributed by atoms with Crippen LogP contribution < -0.4 is 4.74 Å². The summed E-state index contributed by atoms with van der Waals surface area (Å²) < 4.78 is 10.9. The summed E-state index contributed by atoms with van der Waals surface area (Å²) in [6.45, 7) is 3.48. The van der Waals surface area contributed by atoms with Crippen LogP contribution in [-0.2, 0) is 9.53 Å². The van der Waals surface area contributed by atoms with Gasteiger partial charge < -0.3 is 14.4 Å². The maximum absolute atomic E-state index is 12.3. The Hall–Kier alpha value is -1.55. The minimum absolute atomic E-state index is 0.241. The highest BCUT2D eigenvalue weighted by atomic mass is 16.5.